The third kappa shape index (κ3) is 3.95. The third-order valence-corrected chi connectivity index (χ3v) is 4.26. The molecule has 0 bridgehead atoms. The Labute approximate surface area is 151 Å². The predicted octanol–water partition coefficient (Wildman–Crippen LogP) is 3.81. The highest BCUT2D eigenvalue weighted by molar-refractivity contribution is 6.31. The lowest BCUT2D eigenvalue weighted by molar-refractivity contribution is 0.102. The molecule has 3 rings (SSSR count). The van der Waals surface area contributed by atoms with Gasteiger partial charge in [0.15, 0.2) is 0 Å². The predicted molar refractivity (Wildman–Crippen MR) is 102 cm³/mol. The summed E-state index contributed by atoms with van der Waals surface area (Å²) in [6.45, 7) is 1.86. The minimum absolute atomic E-state index is 0.0992. The summed E-state index contributed by atoms with van der Waals surface area (Å²) >= 11 is 5.90. The van der Waals surface area contributed by atoms with Gasteiger partial charge in [-0.05, 0) is 56.6 Å². The number of hydrogen-bond acceptors (Lipinski definition) is 3. The average Bonchev–Trinajstić information content (AvgIpc) is 2.97. The van der Waals surface area contributed by atoms with Crippen molar-refractivity contribution in [1.29, 1.82) is 0 Å². The number of aromatic nitrogens is 1. The van der Waals surface area contributed by atoms with Crippen LogP contribution in [0.15, 0.2) is 48.7 Å². The van der Waals surface area contributed by atoms with Gasteiger partial charge in [-0.1, -0.05) is 11.6 Å². The number of carbonyl (C=O) groups excluding carboxylic acids is 1. The minimum atomic E-state index is -0.397. The van der Waals surface area contributed by atoms with E-state index in [4.69, 9.17) is 11.6 Å². The molecule has 1 heterocycles. The molecule has 0 fully saturated rings. The summed E-state index contributed by atoms with van der Waals surface area (Å²) in [5.74, 6) is -0.496. The van der Waals surface area contributed by atoms with E-state index in [1.807, 2.05) is 44.6 Å². The molecule has 1 aromatic heterocycles. The second kappa shape index (κ2) is 7.17. The fourth-order valence-corrected chi connectivity index (χ4v) is 2.84. The van der Waals surface area contributed by atoms with Crippen LogP contribution in [0.4, 0.5) is 5.69 Å². The third-order valence-electron chi connectivity index (χ3n) is 4.02. The molecular formula is C19H20ClN3O2. The van der Waals surface area contributed by atoms with E-state index >= 15 is 0 Å². The molecule has 0 saturated heterocycles. The quantitative estimate of drug-likeness (QED) is 0.730. The lowest BCUT2D eigenvalue weighted by atomic mass is 10.1. The first-order valence-electron chi connectivity index (χ1n) is 7.97. The molecule has 2 aromatic carbocycles. The Morgan fingerprint density at radius 3 is 2.76 bits per heavy atom. The molecule has 25 heavy (non-hydrogen) atoms. The lowest BCUT2D eigenvalue weighted by Crippen LogP contribution is -2.17. The summed E-state index contributed by atoms with van der Waals surface area (Å²) in [6.07, 6.45) is 2.04. The number of carbonyl (C=O) groups is 1. The molecule has 2 N–H and O–H groups in total. The number of anilines is 1. The maximum absolute atomic E-state index is 12.4. The smallest absolute Gasteiger partial charge is 0.259 e. The van der Waals surface area contributed by atoms with Gasteiger partial charge in [-0.25, -0.2) is 0 Å². The Morgan fingerprint density at radius 1 is 1.20 bits per heavy atom. The Balaban J connectivity index is 1.80. The Bertz CT molecular complexity index is 918. The van der Waals surface area contributed by atoms with Crippen molar-refractivity contribution in [3.8, 4) is 5.75 Å². The molecule has 0 radical (unpaired) electrons. The van der Waals surface area contributed by atoms with Gasteiger partial charge in [-0.15, -0.1) is 0 Å². The van der Waals surface area contributed by atoms with Crippen molar-refractivity contribution in [3.05, 3.63) is 59.2 Å². The zero-order chi connectivity index (χ0) is 18.0. The fraction of sp³-hybridized carbons (Fsp3) is 0.211. The monoisotopic (exact) mass is 357 g/mol. The maximum Gasteiger partial charge on any atom is 0.259 e. The van der Waals surface area contributed by atoms with Gasteiger partial charge >= 0.3 is 0 Å². The number of halogens is 1. The first kappa shape index (κ1) is 17.3. The van der Waals surface area contributed by atoms with Crippen LogP contribution in [0, 0.1) is 0 Å². The van der Waals surface area contributed by atoms with Gasteiger partial charge in [0.1, 0.15) is 5.75 Å². The van der Waals surface area contributed by atoms with Crippen molar-refractivity contribution < 1.29 is 9.90 Å². The molecule has 1 amide bonds. The van der Waals surface area contributed by atoms with Gasteiger partial charge < -0.3 is 19.9 Å². The number of phenols is 1. The van der Waals surface area contributed by atoms with Crippen molar-refractivity contribution in [2.45, 2.75) is 6.54 Å². The molecule has 0 aliphatic rings. The van der Waals surface area contributed by atoms with Gasteiger partial charge in [0.05, 0.1) is 5.56 Å². The normalized spacial score (nSPS) is 11.2. The van der Waals surface area contributed by atoms with Crippen molar-refractivity contribution >= 4 is 34.1 Å². The summed E-state index contributed by atoms with van der Waals surface area (Å²) in [5, 5.41) is 14.1. The standard InChI is InChI=1S/C19H20ClN3O2/c1-22(2)9-10-23-8-7-13-11-15(4-5-17(13)23)21-19(25)16-12-14(20)3-6-18(16)24/h3-8,11-12,24H,9-10H2,1-2H3,(H,21,25). The number of fused-ring (bicyclic) bond motifs is 1. The number of nitrogens with zero attached hydrogens (tertiary/aromatic N) is 2. The van der Waals surface area contributed by atoms with E-state index < -0.39 is 5.91 Å². The van der Waals surface area contributed by atoms with E-state index in [-0.39, 0.29) is 11.3 Å². The van der Waals surface area contributed by atoms with E-state index in [9.17, 15) is 9.90 Å². The molecule has 0 spiro atoms. The van der Waals surface area contributed by atoms with Crippen molar-refractivity contribution in [2.75, 3.05) is 26.0 Å². The average molecular weight is 358 g/mol. The Morgan fingerprint density at radius 2 is 2.00 bits per heavy atom. The van der Waals surface area contributed by atoms with Gasteiger partial charge in [0.2, 0.25) is 0 Å². The summed E-state index contributed by atoms with van der Waals surface area (Å²) in [4.78, 5) is 14.5. The number of amides is 1. The number of nitrogens with one attached hydrogen (secondary N) is 1. The molecule has 130 valence electrons. The van der Waals surface area contributed by atoms with Crippen LogP contribution < -0.4 is 5.32 Å². The van der Waals surface area contributed by atoms with E-state index in [0.29, 0.717) is 10.7 Å². The highest BCUT2D eigenvalue weighted by Crippen LogP contribution is 2.24. The lowest BCUT2D eigenvalue weighted by Gasteiger charge is -2.11. The molecule has 0 aliphatic carbocycles. The number of benzene rings is 2. The first-order chi connectivity index (χ1) is 11.9. The van der Waals surface area contributed by atoms with Crippen LogP contribution in [0.5, 0.6) is 5.75 Å². The highest BCUT2D eigenvalue weighted by Gasteiger charge is 2.12. The van der Waals surface area contributed by atoms with Crippen molar-refractivity contribution in [2.24, 2.45) is 0 Å². The number of rotatable bonds is 5. The van der Waals surface area contributed by atoms with Crippen LogP contribution in [0.25, 0.3) is 10.9 Å². The van der Waals surface area contributed by atoms with Crippen molar-refractivity contribution in [1.82, 2.24) is 9.47 Å². The molecule has 0 unspecified atom stereocenters. The number of hydrogen-bond donors (Lipinski definition) is 2. The molecule has 0 atom stereocenters. The highest BCUT2D eigenvalue weighted by atomic mass is 35.5. The van der Waals surface area contributed by atoms with Gasteiger partial charge in [0.25, 0.3) is 5.91 Å². The summed E-state index contributed by atoms with van der Waals surface area (Å²) in [7, 11) is 4.09. The number of likely N-dealkylation sites (N-methyl/N-ethyl adjacent to an activating group) is 1. The second-order valence-corrected chi connectivity index (χ2v) is 6.64. The van der Waals surface area contributed by atoms with Crippen molar-refractivity contribution in [3.63, 3.8) is 0 Å². The Kier molecular flexibility index (Phi) is 4.97. The number of phenolic OH excluding ortho intramolecular Hbond substituents is 1. The molecular weight excluding hydrogens is 338 g/mol. The zero-order valence-corrected chi connectivity index (χ0v) is 14.9. The first-order valence-corrected chi connectivity index (χ1v) is 8.35. The van der Waals surface area contributed by atoms with Crippen LogP contribution in [-0.2, 0) is 6.54 Å². The summed E-state index contributed by atoms with van der Waals surface area (Å²) in [6, 6.07) is 12.2. The SMILES string of the molecule is CN(C)CCn1ccc2cc(NC(=O)c3cc(Cl)ccc3O)ccc21. The topological polar surface area (TPSA) is 57.5 Å². The van der Waals surface area contributed by atoms with E-state index in [1.165, 1.54) is 18.2 Å². The van der Waals surface area contributed by atoms with Gasteiger partial charge in [-0.3, -0.25) is 4.79 Å². The van der Waals surface area contributed by atoms with Crippen LogP contribution in [0.2, 0.25) is 5.02 Å². The van der Waals surface area contributed by atoms with E-state index in [0.717, 1.165) is 24.0 Å². The molecule has 6 heteroatoms. The largest absolute Gasteiger partial charge is 0.507 e. The maximum atomic E-state index is 12.4. The van der Waals surface area contributed by atoms with Crippen LogP contribution >= 0.6 is 11.6 Å². The summed E-state index contributed by atoms with van der Waals surface area (Å²) < 4.78 is 2.18. The van der Waals surface area contributed by atoms with E-state index in [1.54, 1.807) is 0 Å². The molecule has 5 nitrogen and oxygen atoms in total. The molecule has 0 saturated carbocycles. The van der Waals surface area contributed by atoms with Crippen LogP contribution in [-0.4, -0.2) is 41.1 Å². The second-order valence-electron chi connectivity index (χ2n) is 6.20. The summed E-state index contributed by atoms with van der Waals surface area (Å²) in [5.41, 5.74) is 1.93. The van der Waals surface area contributed by atoms with Crippen LogP contribution in [0.3, 0.4) is 0 Å². The van der Waals surface area contributed by atoms with Gasteiger partial charge in [-0.2, -0.15) is 0 Å². The number of aromatic hydroxyl groups is 1. The van der Waals surface area contributed by atoms with E-state index in [2.05, 4.69) is 14.8 Å². The minimum Gasteiger partial charge on any atom is -0.507 e. The molecule has 0 aliphatic heterocycles. The fourth-order valence-electron chi connectivity index (χ4n) is 2.67. The molecule has 3 aromatic rings. The Hall–Kier alpha value is -2.50. The van der Waals surface area contributed by atoms with Gasteiger partial charge in [0, 0.05) is 40.9 Å². The van der Waals surface area contributed by atoms with Crippen LogP contribution in [0.1, 0.15) is 10.4 Å². The zero-order valence-electron chi connectivity index (χ0n) is 14.2.